The Labute approximate surface area is 110 Å². The second-order valence-corrected chi connectivity index (χ2v) is 5.20. The van der Waals surface area contributed by atoms with E-state index in [2.05, 4.69) is 11.9 Å². The average Bonchev–Trinajstić information content (AvgIpc) is 3.00. The minimum Gasteiger partial charge on any atom is -0.479 e. The van der Waals surface area contributed by atoms with Gasteiger partial charge in [0.2, 0.25) is 5.91 Å². The highest BCUT2D eigenvalue weighted by atomic mass is 32.2. The minimum absolute atomic E-state index is 0.0523. The summed E-state index contributed by atoms with van der Waals surface area (Å²) in [4.78, 5) is 34.0. The molecule has 0 aromatic heterocycles. The lowest BCUT2D eigenvalue weighted by atomic mass is 10.1. The lowest BCUT2D eigenvalue weighted by molar-refractivity contribution is -0.143. The molecule has 0 heterocycles. The highest BCUT2D eigenvalue weighted by molar-refractivity contribution is 8.13. The number of carboxylic acids is 1. The molecule has 100 valence electrons. The zero-order valence-corrected chi connectivity index (χ0v) is 11.1. The van der Waals surface area contributed by atoms with Gasteiger partial charge in [-0.1, -0.05) is 17.8 Å². The topological polar surface area (TPSA) is 83.5 Å². The Morgan fingerprint density at radius 2 is 2.22 bits per heavy atom. The normalized spacial score (nSPS) is 25.3. The average molecular weight is 271 g/mol. The van der Waals surface area contributed by atoms with Gasteiger partial charge in [0.25, 0.3) is 0 Å². The van der Waals surface area contributed by atoms with E-state index in [0.29, 0.717) is 12.8 Å². The van der Waals surface area contributed by atoms with Crippen molar-refractivity contribution in [1.29, 1.82) is 0 Å². The molecule has 2 unspecified atom stereocenters. The number of hydrogen-bond acceptors (Lipinski definition) is 4. The second kappa shape index (κ2) is 6.04. The number of allylic oxidation sites excluding steroid dienone is 1. The molecule has 1 aliphatic rings. The molecule has 2 N–H and O–H groups in total. The highest BCUT2D eigenvalue weighted by Gasteiger charge is 2.61. The van der Waals surface area contributed by atoms with Gasteiger partial charge in [0.15, 0.2) is 5.12 Å². The zero-order valence-electron chi connectivity index (χ0n) is 10.3. The maximum atomic E-state index is 11.6. The Hall–Kier alpha value is -1.30. The van der Waals surface area contributed by atoms with Crippen LogP contribution in [-0.4, -0.2) is 33.9 Å². The molecule has 0 aromatic carbocycles. The molecule has 1 saturated carbocycles. The first-order chi connectivity index (χ1) is 8.46. The summed E-state index contributed by atoms with van der Waals surface area (Å²) in [6, 6.07) is 0. The summed E-state index contributed by atoms with van der Waals surface area (Å²) in [5, 5.41) is 11.7. The molecule has 2 atom stereocenters. The molecular formula is C12H17NO4S. The molecule has 18 heavy (non-hydrogen) atoms. The summed E-state index contributed by atoms with van der Waals surface area (Å²) in [6.07, 6.45) is 4.52. The molecule has 6 heteroatoms. The largest absolute Gasteiger partial charge is 0.479 e. The molecule has 1 amide bonds. The fraction of sp³-hybridized carbons (Fsp3) is 0.583. The maximum absolute atomic E-state index is 11.6. The van der Waals surface area contributed by atoms with Crippen LogP contribution in [0.4, 0.5) is 0 Å². The van der Waals surface area contributed by atoms with Gasteiger partial charge in [0.05, 0.1) is 0 Å². The molecule has 1 aliphatic carbocycles. The van der Waals surface area contributed by atoms with Crippen molar-refractivity contribution in [2.75, 3.05) is 6.26 Å². The first kappa shape index (κ1) is 14.8. The first-order valence-corrected chi connectivity index (χ1v) is 6.91. The van der Waals surface area contributed by atoms with Crippen molar-refractivity contribution < 1.29 is 19.5 Å². The van der Waals surface area contributed by atoms with Gasteiger partial charge < -0.3 is 10.4 Å². The summed E-state index contributed by atoms with van der Waals surface area (Å²) in [5.41, 5.74) is -1.23. The lowest BCUT2D eigenvalue weighted by Crippen LogP contribution is -2.45. The summed E-state index contributed by atoms with van der Waals surface area (Å²) < 4.78 is 0. The number of amides is 1. The third-order valence-electron chi connectivity index (χ3n) is 3.07. The van der Waals surface area contributed by atoms with Crippen LogP contribution >= 0.6 is 11.8 Å². The summed E-state index contributed by atoms with van der Waals surface area (Å²) >= 11 is 1.08. The standard InChI is InChI=1S/C12H17NO4S/c1-3-4-5-9(14)13-12(11(16)17)7-8(12)6-10(15)18-2/h3,8H,1,4-7H2,2H3,(H,13,14)(H,16,17). The molecule has 0 aromatic rings. The van der Waals surface area contributed by atoms with Crippen molar-refractivity contribution in [2.45, 2.75) is 31.2 Å². The number of carboxylic acid groups (broad SMARTS) is 1. The van der Waals surface area contributed by atoms with E-state index < -0.39 is 11.5 Å². The summed E-state index contributed by atoms with van der Waals surface area (Å²) in [5.74, 6) is -1.66. The van der Waals surface area contributed by atoms with E-state index in [-0.39, 0.29) is 29.8 Å². The molecular weight excluding hydrogens is 254 g/mol. The van der Waals surface area contributed by atoms with E-state index in [1.165, 1.54) is 0 Å². The van der Waals surface area contributed by atoms with E-state index >= 15 is 0 Å². The van der Waals surface area contributed by atoms with Crippen molar-refractivity contribution in [3.05, 3.63) is 12.7 Å². The summed E-state index contributed by atoms with van der Waals surface area (Å²) in [6.45, 7) is 3.50. The van der Waals surface area contributed by atoms with Crippen LogP contribution in [0.3, 0.4) is 0 Å². The molecule has 0 bridgehead atoms. The molecule has 0 saturated heterocycles. The highest BCUT2D eigenvalue weighted by Crippen LogP contribution is 2.47. The lowest BCUT2D eigenvalue weighted by Gasteiger charge is -2.14. The van der Waals surface area contributed by atoms with E-state index in [0.717, 1.165) is 11.8 Å². The molecule has 1 rings (SSSR count). The van der Waals surface area contributed by atoms with Crippen LogP contribution in [0.25, 0.3) is 0 Å². The third kappa shape index (κ3) is 3.35. The van der Waals surface area contributed by atoms with Gasteiger partial charge in [-0.25, -0.2) is 4.79 Å². The van der Waals surface area contributed by atoms with Crippen LogP contribution in [0.5, 0.6) is 0 Å². The Morgan fingerprint density at radius 3 is 2.72 bits per heavy atom. The van der Waals surface area contributed by atoms with Crippen LogP contribution in [-0.2, 0) is 14.4 Å². The second-order valence-electron chi connectivity index (χ2n) is 4.33. The Morgan fingerprint density at radius 1 is 1.56 bits per heavy atom. The Kier molecular flexibility index (Phi) is 4.95. The molecule has 0 radical (unpaired) electrons. The zero-order chi connectivity index (χ0) is 13.8. The van der Waals surface area contributed by atoms with Crippen molar-refractivity contribution in [1.82, 2.24) is 5.32 Å². The number of rotatable bonds is 7. The van der Waals surface area contributed by atoms with Crippen molar-refractivity contribution >= 4 is 28.8 Å². The van der Waals surface area contributed by atoms with Crippen LogP contribution in [0, 0.1) is 5.92 Å². The number of thioether (sulfide) groups is 1. The van der Waals surface area contributed by atoms with Gasteiger partial charge in [0.1, 0.15) is 5.54 Å². The first-order valence-electron chi connectivity index (χ1n) is 5.68. The van der Waals surface area contributed by atoms with E-state index in [4.69, 9.17) is 0 Å². The smallest absolute Gasteiger partial charge is 0.329 e. The SMILES string of the molecule is C=CCCC(=O)NC1(C(=O)O)CC1CC(=O)SC. The molecule has 1 fully saturated rings. The number of carbonyl (C=O) groups excluding carboxylic acids is 2. The summed E-state index contributed by atoms with van der Waals surface area (Å²) in [7, 11) is 0. The van der Waals surface area contributed by atoms with Crippen molar-refractivity contribution in [3.8, 4) is 0 Å². The van der Waals surface area contributed by atoms with Gasteiger partial charge >= 0.3 is 5.97 Å². The predicted molar refractivity (Wildman–Crippen MR) is 69.2 cm³/mol. The van der Waals surface area contributed by atoms with E-state index in [1.54, 1.807) is 12.3 Å². The number of hydrogen-bond donors (Lipinski definition) is 2. The predicted octanol–water partition coefficient (Wildman–Crippen LogP) is 1.19. The third-order valence-corrected chi connectivity index (χ3v) is 3.69. The van der Waals surface area contributed by atoms with Crippen LogP contribution in [0.2, 0.25) is 0 Å². The molecule has 0 aliphatic heterocycles. The fourth-order valence-corrected chi connectivity index (χ4v) is 2.24. The van der Waals surface area contributed by atoms with E-state index in [1.807, 2.05) is 0 Å². The van der Waals surface area contributed by atoms with Crippen LogP contribution in [0.1, 0.15) is 25.7 Å². The van der Waals surface area contributed by atoms with Crippen molar-refractivity contribution in [2.24, 2.45) is 5.92 Å². The van der Waals surface area contributed by atoms with Crippen molar-refractivity contribution in [3.63, 3.8) is 0 Å². The van der Waals surface area contributed by atoms with E-state index in [9.17, 15) is 19.5 Å². The maximum Gasteiger partial charge on any atom is 0.329 e. The van der Waals surface area contributed by atoms with Crippen LogP contribution < -0.4 is 5.32 Å². The van der Waals surface area contributed by atoms with Crippen LogP contribution in [0.15, 0.2) is 12.7 Å². The number of aliphatic carboxylic acids is 1. The monoisotopic (exact) mass is 271 g/mol. The fourth-order valence-electron chi connectivity index (χ4n) is 1.87. The Balaban J connectivity index is 2.57. The molecule has 0 spiro atoms. The van der Waals surface area contributed by atoms with Gasteiger partial charge in [0, 0.05) is 18.8 Å². The van der Waals surface area contributed by atoms with Gasteiger partial charge in [-0.2, -0.15) is 0 Å². The quantitative estimate of drug-likeness (QED) is 0.680. The number of nitrogens with one attached hydrogen (secondary N) is 1. The number of carbonyl (C=O) groups is 3. The Bertz CT molecular complexity index is 382. The van der Waals surface area contributed by atoms with Gasteiger partial charge in [-0.05, 0) is 19.1 Å². The van der Waals surface area contributed by atoms with Gasteiger partial charge in [-0.3, -0.25) is 9.59 Å². The molecule has 5 nitrogen and oxygen atoms in total. The minimum atomic E-state index is -1.23. The van der Waals surface area contributed by atoms with Gasteiger partial charge in [-0.15, -0.1) is 6.58 Å².